The number of carbonyl (C=O) groups is 1. The molecule has 0 aliphatic rings. The number of hydrogen-bond acceptors (Lipinski definition) is 4. The number of guanidine groups is 1. The fraction of sp³-hybridized carbons (Fsp3) is 0.364. The zero-order chi connectivity index (χ0) is 22.8. The second-order valence-electron chi connectivity index (χ2n) is 6.85. The molecule has 7 nitrogen and oxygen atoms in total. The molecule has 9 heteroatoms. The molecule has 0 aliphatic carbocycles. The smallest absolute Gasteiger partial charge is 0.387 e. The van der Waals surface area contributed by atoms with Crippen LogP contribution in [0.5, 0.6) is 11.5 Å². The van der Waals surface area contributed by atoms with E-state index in [4.69, 9.17) is 4.74 Å². The fourth-order valence-corrected chi connectivity index (χ4v) is 2.86. The van der Waals surface area contributed by atoms with E-state index in [-0.39, 0.29) is 18.2 Å². The van der Waals surface area contributed by atoms with Crippen LogP contribution >= 0.6 is 0 Å². The van der Waals surface area contributed by atoms with E-state index in [1.54, 1.807) is 39.3 Å². The number of halogens is 2. The summed E-state index contributed by atoms with van der Waals surface area (Å²) in [6.07, 6.45) is 0.678. The third-order valence-corrected chi connectivity index (χ3v) is 4.45. The molecule has 0 saturated heterocycles. The van der Waals surface area contributed by atoms with E-state index in [0.717, 1.165) is 5.56 Å². The van der Waals surface area contributed by atoms with Crippen molar-refractivity contribution in [2.75, 3.05) is 34.8 Å². The second kappa shape index (κ2) is 11.7. The Morgan fingerprint density at radius 2 is 1.94 bits per heavy atom. The van der Waals surface area contributed by atoms with Gasteiger partial charge in [0, 0.05) is 51.4 Å². The maximum Gasteiger partial charge on any atom is 0.387 e. The SMILES string of the molecule is CN=C(NCCc1cccc(C(=O)N(C)C)c1)NCc1ccc(OC)cc1OC(F)F. The van der Waals surface area contributed by atoms with E-state index in [9.17, 15) is 13.6 Å². The average Bonchev–Trinajstić information content (AvgIpc) is 2.75. The quantitative estimate of drug-likeness (QED) is 0.469. The lowest BCUT2D eigenvalue weighted by Gasteiger charge is -2.15. The van der Waals surface area contributed by atoms with Crippen molar-refractivity contribution in [3.8, 4) is 11.5 Å². The Morgan fingerprint density at radius 3 is 2.58 bits per heavy atom. The molecule has 0 saturated carbocycles. The summed E-state index contributed by atoms with van der Waals surface area (Å²) >= 11 is 0. The number of ether oxygens (including phenoxy) is 2. The number of benzene rings is 2. The summed E-state index contributed by atoms with van der Waals surface area (Å²) < 4.78 is 35.1. The van der Waals surface area contributed by atoms with Crippen molar-refractivity contribution in [3.63, 3.8) is 0 Å². The largest absolute Gasteiger partial charge is 0.497 e. The van der Waals surface area contributed by atoms with Crippen molar-refractivity contribution < 1.29 is 23.0 Å². The molecule has 0 bridgehead atoms. The number of alkyl halides is 2. The molecule has 2 rings (SSSR count). The minimum Gasteiger partial charge on any atom is -0.497 e. The van der Waals surface area contributed by atoms with E-state index in [1.807, 2.05) is 18.2 Å². The summed E-state index contributed by atoms with van der Waals surface area (Å²) in [4.78, 5) is 17.8. The highest BCUT2D eigenvalue weighted by molar-refractivity contribution is 5.94. The Kier molecular flexibility index (Phi) is 9.05. The normalized spacial score (nSPS) is 11.3. The van der Waals surface area contributed by atoms with Crippen molar-refractivity contribution in [1.29, 1.82) is 0 Å². The van der Waals surface area contributed by atoms with Crippen LogP contribution in [-0.2, 0) is 13.0 Å². The molecule has 31 heavy (non-hydrogen) atoms. The van der Waals surface area contributed by atoms with Gasteiger partial charge >= 0.3 is 6.61 Å². The van der Waals surface area contributed by atoms with Crippen molar-refractivity contribution in [2.24, 2.45) is 4.99 Å². The van der Waals surface area contributed by atoms with E-state index in [2.05, 4.69) is 20.4 Å². The molecule has 2 aromatic carbocycles. The van der Waals surface area contributed by atoms with Crippen LogP contribution in [0.2, 0.25) is 0 Å². The Balaban J connectivity index is 1.93. The van der Waals surface area contributed by atoms with Crippen LogP contribution in [0.15, 0.2) is 47.5 Å². The first-order valence-corrected chi connectivity index (χ1v) is 9.71. The first-order chi connectivity index (χ1) is 14.8. The number of aliphatic imine (C=N–C) groups is 1. The summed E-state index contributed by atoms with van der Waals surface area (Å²) in [6.45, 7) is -2.13. The standard InChI is InChI=1S/C22H28F2N4O3/c1-25-22(26-11-10-15-6-5-7-16(12-15)20(29)28(2)3)27-14-17-8-9-18(30-4)13-19(17)31-21(23)24/h5-9,12-13,21H,10-11,14H2,1-4H3,(H2,25,26,27). The molecule has 0 spiro atoms. The number of nitrogens with zero attached hydrogens (tertiary/aromatic N) is 2. The fourth-order valence-electron chi connectivity index (χ4n) is 2.86. The summed E-state index contributed by atoms with van der Waals surface area (Å²) in [6, 6.07) is 12.2. The molecule has 2 aromatic rings. The monoisotopic (exact) mass is 434 g/mol. The van der Waals surface area contributed by atoms with E-state index in [1.165, 1.54) is 18.1 Å². The average molecular weight is 434 g/mol. The maximum atomic E-state index is 12.7. The second-order valence-corrected chi connectivity index (χ2v) is 6.85. The van der Waals surface area contributed by atoms with E-state index in [0.29, 0.717) is 35.8 Å². The van der Waals surface area contributed by atoms with Gasteiger partial charge in [0.05, 0.1) is 7.11 Å². The van der Waals surface area contributed by atoms with E-state index < -0.39 is 6.61 Å². The lowest BCUT2D eigenvalue weighted by molar-refractivity contribution is -0.0505. The molecule has 168 valence electrons. The van der Waals surface area contributed by atoms with Gasteiger partial charge < -0.3 is 25.0 Å². The third kappa shape index (κ3) is 7.44. The number of nitrogens with one attached hydrogen (secondary N) is 2. The maximum absolute atomic E-state index is 12.7. The Bertz CT molecular complexity index is 904. The summed E-state index contributed by atoms with van der Waals surface area (Å²) in [5.41, 5.74) is 2.19. The summed E-state index contributed by atoms with van der Waals surface area (Å²) in [5.74, 6) is 0.935. The van der Waals surface area contributed by atoms with Crippen LogP contribution in [0.25, 0.3) is 0 Å². The molecule has 0 unspecified atom stereocenters. The molecular weight excluding hydrogens is 406 g/mol. The first kappa shape index (κ1) is 23.9. The topological polar surface area (TPSA) is 75.2 Å². The van der Waals surface area contributed by atoms with Gasteiger partial charge in [0.2, 0.25) is 0 Å². The molecular formula is C22H28F2N4O3. The Morgan fingerprint density at radius 1 is 1.16 bits per heavy atom. The van der Waals surface area contributed by atoms with Gasteiger partial charge in [-0.1, -0.05) is 12.1 Å². The van der Waals surface area contributed by atoms with Gasteiger partial charge in [0.1, 0.15) is 11.5 Å². The molecule has 0 atom stereocenters. The third-order valence-electron chi connectivity index (χ3n) is 4.45. The number of amides is 1. The summed E-state index contributed by atoms with van der Waals surface area (Å²) in [7, 11) is 6.51. The molecule has 1 amide bonds. The zero-order valence-corrected chi connectivity index (χ0v) is 18.1. The van der Waals surface area contributed by atoms with Crippen LogP contribution in [0.3, 0.4) is 0 Å². The minimum atomic E-state index is -2.93. The van der Waals surface area contributed by atoms with Gasteiger partial charge in [-0.2, -0.15) is 8.78 Å². The highest BCUT2D eigenvalue weighted by atomic mass is 19.3. The molecule has 0 fully saturated rings. The number of rotatable bonds is 9. The predicted octanol–water partition coefficient (Wildman–Crippen LogP) is 2.91. The highest BCUT2D eigenvalue weighted by Crippen LogP contribution is 2.26. The molecule has 0 aromatic heterocycles. The predicted molar refractivity (Wildman–Crippen MR) is 116 cm³/mol. The van der Waals surface area contributed by atoms with Gasteiger partial charge in [-0.3, -0.25) is 9.79 Å². The molecule has 0 radical (unpaired) electrons. The van der Waals surface area contributed by atoms with Crippen LogP contribution < -0.4 is 20.1 Å². The van der Waals surface area contributed by atoms with Crippen molar-refractivity contribution >= 4 is 11.9 Å². The van der Waals surface area contributed by atoms with Crippen molar-refractivity contribution in [3.05, 3.63) is 59.2 Å². The van der Waals surface area contributed by atoms with Gasteiger partial charge in [-0.25, -0.2) is 0 Å². The Hall–Kier alpha value is -3.36. The first-order valence-electron chi connectivity index (χ1n) is 9.71. The van der Waals surface area contributed by atoms with Crippen LogP contribution in [0.4, 0.5) is 8.78 Å². The Labute approximate surface area is 181 Å². The lowest BCUT2D eigenvalue weighted by atomic mass is 10.1. The van der Waals surface area contributed by atoms with Gasteiger partial charge in [-0.15, -0.1) is 0 Å². The van der Waals surface area contributed by atoms with Gasteiger partial charge in [0.25, 0.3) is 5.91 Å². The number of methoxy groups -OCH3 is 1. The van der Waals surface area contributed by atoms with Crippen molar-refractivity contribution in [2.45, 2.75) is 19.6 Å². The molecule has 0 heterocycles. The van der Waals surface area contributed by atoms with Gasteiger partial charge in [0.15, 0.2) is 5.96 Å². The van der Waals surface area contributed by atoms with Crippen molar-refractivity contribution in [1.82, 2.24) is 15.5 Å². The number of carbonyl (C=O) groups excluding carboxylic acids is 1. The van der Waals surface area contributed by atoms with Crippen LogP contribution in [0.1, 0.15) is 21.5 Å². The lowest BCUT2D eigenvalue weighted by Crippen LogP contribution is -2.38. The highest BCUT2D eigenvalue weighted by Gasteiger charge is 2.12. The van der Waals surface area contributed by atoms with Crippen LogP contribution in [0, 0.1) is 0 Å². The van der Waals surface area contributed by atoms with Gasteiger partial charge in [-0.05, 0) is 36.2 Å². The summed E-state index contributed by atoms with van der Waals surface area (Å²) in [5, 5.41) is 6.25. The minimum absolute atomic E-state index is 0.0414. The molecule has 2 N–H and O–H groups in total. The van der Waals surface area contributed by atoms with E-state index >= 15 is 0 Å². The zero-order valence-electron chi connectivity index (χ0n) is 18.1. The van der Waals surface area contributed by atoms with Crippen LogP contribution in [-0.4, -0.2) is 58.2 Å². The number of hydrogen-bond donors (Lipinski definition) is 2. The molecule has 0 aliphatic heterocycles.